The summed E-state index contributed by atoms with van der Waals surface area (Å²) in [5.41, 5.74) is 5.26. The molecule has 30 heavy (non-hydrogen) atoms. The number of likely N-dealkylation sites (tertiary alicyclic amines) is 1. The van der Waals surface area contributed by atoms with Crippen molar-refractivity contribution < 1.29 is 22.7 Å². The normalized spacial score (nSPS) is 27.5. The van der Waals surface area contributed by atoms with Crippen LogP contribution in [0.1, 0.15) is 64.4 Å². The summed E-state index contributed by atoms with van der Waals surface area (Å²) in [6.45, 7) is 5.55. The number of hydrogen-bond donors (Lipinski definition) is 2. The van der Waals surface area contributed by atoms with Crippen molar-refractivity contribution >= 4 is 11.8 Å². The van der Waals surface area contributed by atoms with E-state index in [9.17, 15) is 18.0 Å². The van der Waals surface area contributed by atoms with Crippen molar-refractivity contribution in [1.29, 1.82) is 0 Å². The van der Waals surface area contributed by atoms with Gasteiger partial charge >= 0.3 is 6.09 Å². The van der Waals surface area contributed by atoms with Crippen LogP contribution in [-0.4, -0.2) is 47.7 Å². The summed E-state index contributed by atoms with van der Waals surface area (Å²) >= 11 is 0. The van der Waals surface area contributed by atoms with Gasteiger partial charge in [-0.25, -0.2) is 18.0 Å². The van der Waals surface area contributed by atoms with Crippen LogP contribution in [0.2, 0.25) is 0 Å². The second kappa shape index (κ2) is 8.65. The third kappa shape index (κ3) is 5.59. The molecule has 1 aliphatic carbocycles. The van der Waals surface area contributed by atoms with Gasteiger partial charge in [0.1, 0.15) is 11.4 Å². The number of alkyl halides is 2. The number of hydrogen-bond acceptors (Lipinski definition) is 4. The van der Waals surface area contributed by atoms with E-state index in [4.69, 9.17) is 10.5 Å². The maximum atomic E-state index is 14.9. The number of anilines is 1. The Bertz CT molecular complexity index is 758. The molecule has 3 rings (SSSR count). The lowest BCUT2D eigenvalue weighted by molar-refractivity contribution is -0.0969. The fraction of sp³-hybridized carbons (Fsp3) is 0.682. The SMILES string of the molecule is CC(C)(C)OC(=O)N[C@H]1CC[C@H](N2CCC(c3ccc(N)cc3F)C(F)(F)C2)CC1. The molecule has 1 aliphatic heterocycles. The molecule has 2 fully saturated rings. The zero-order chi connectivity index (χ0) is 22.1. The molecule has 1 aromatic carbocycles. The summed E-state index contributed by atoms with van der Waals surface area (Å²) < 4.78 is 49.4. The van der Waals surface area contributed by atoms with Crippen LogP contribution in [0.5, 0.6) is 0 Å². The number of carbonyl (C=O) groups is 1. The van der Waals surface area contributed by atoms with E-state index < -0.39 is 29.4 Å². The molecule has 0 radical (unpaired) electrons. The lowest BCUT2D eigenvalue weighted by Gasteiger charge is -2.44. The fourth-order valence-corrected chi connectivity index (χ4v) is 4.55. The Morgan fingerprint density at radius 3 is 2.43 bits per heavy atom. The van der Waals surface area contributed by atoms with Crippen LogP contribution < -0.4 is 11.1 Å². The average Bonchev–Trinajstić information content (AvgIpc) is 2.61. The van der Waals surface area contributed by atoms with E-state index in [2.05, 4.69) is 5.32 Å². The van der Waals surface area contributed by atoms with Crippen LogP contribution in [0.25, 0.3) is 0 Å². The smallest absolute Gasteiger partial charge is 0.407 e. The van der Waals surface area contributed by atoms with Gasteiger partial charge in [0.05, 0.1) is 12.5 Å². The maximum Gasteiger partial charge on any atom is 0.407 e. The first kappa shape index (κ1) is 22.7. The van der Waals surface area contributed by atoms with Crippen molar-refractivity contribution in [3.8, 4) is 0 Å². The van der Waals surface area contributed by atoms with Gasteiger partial charge < -0.3 is 15.8 Å². The Morgan fingerprint density at radius 1 is 1.20 bits per heavy atom. The second-order valence-electron chi connectivity index (χ2n) is 9.51. The van der Waals surface area contributed by atoms with Crippen molar-refractivity contribution in [3.63, 3.8) is 0 Å². The molecule has 0 bridgehead atoms. The number of halogens is 3. The second-order valence-corrected chi connectivity index (χ2v) is 9.51. The minimum absolute atomic E-state index is 0.00183. The van der Waals surface area contributed by atoms with E-state index in [-0.39, 0.29) is 36.3 Å². The van der Waals surface area contributed by atoms with Crippen LogP contribution in [0.15, 0.2) is 18.2 Å². The van der Waals surface area contributed by atoms with E-state index in [0.717, 1.165) is 31.7 Å². The van der Waals surface area contributed by atoms with Crippen molar-refractivity contribution in [2.45, 2.75) is 82.4 Å². The largest absolute Gasteiger partial charge is 0.444 e. The van der Waals surface area contributed by atoms with Crippen molar-refractivity contribution in [3.05, 3.63) is 29.6 Å². The average molecular weight is 428 g/mol. The zero-order valence-electron chi connectivity index (χ0n) is 17.9. The van der Waals surface area contributed by atoms with Crippen LogP contribution in [0.4, 0.5) is 23.7 Å². The summed E-state index contributed by atoms with van der Waals surface area (Å²) in [5.74, 6) is -4.82. The lowest BCUT2D eigenvalue weighted by atomic mass is 9.83. The van der Waals surface area contributed by atoms with Gasteiger partial charge in [-0.1, -0.05) is 6.07 Å². The van der Waals surface area contributed by atoms with E-state index >= 15 is 0 Å². The number of alkyl carbamates (subject to hydrolysis) is 1. The van der Waals surface area contributed by atoms with Gasteiger partial charge in [-0.3, -0.25) is 4.90 Å². The predicted octanol–water partition coefficient (Wildman–Crippen LogP) is 4.67. The molecule has 3 N–H and O–H groups in total. The fourth-order valence-electron chi connectivity index (χ4n) is 4.55. The molecule has 1 aromatic rings. The number of piperidine rings is 1. The highest BCUT2D eigenvalue weighted by atomic mass is 19.3. The topological polar surface area (TPSA) is 67.6 Å². The van der Waals surface area contributed by atoms with Crippen LogP contribution in [0.3, 0.4) is 0 Å². The van der Waals surface area contributed by atoms with Gasteiger partial charge in [0.2, 0.25) is 0 Å². The monoisotopic (exact) mass is 427 g/mol. The Kier molecular flexibility index (Phi) is 6.55. The van der Waals surface area contributed by atoms with Gasteiger partial charge in [-0.2, -0.15) is 0 Å². The van der Waals surface area contributed by atoms with Crippen molar-refractivity contribution in [1.82, 2.24) is 10.2 Å². The van der Waals surface area contributed by atoms with Crippen LogP contribution >= 0.6 is 0 Å². The molecule has 0 spiro atoms. The maximum absolute atomic E-state index is 14.9. The van der Waals surface area contributed by atoms with Gasteiger partial charge in [0.15, 0.2) is 0 Å². The number of rotatable bonds is 3. The first-order valence-corrected chi connectivity index (χ1v) is 10.6. The summed E-state index contributed by atoms with van der Waals surface area (Å²) in [7, 11) is 0. The Hall–Kier alpha value is -1.96. The van der Waals surface area contributed by atoms with Gasteiger partial charge in [0.25, 0.3) is 5.92 Å². The molecule has 5 nitrogen and oxygen atoms in total. The number of benzene rings is 1. The highest BCUT2D eigenvalue weighted by Crippen LogP contribution is 2.43. The van der Waals surface area contributed by atoms with Crippen LogP contribution in [0, 0.1) is 5.82 Å². The first-order chi connectivity index (χ1) is 13.9. The summed E-state index contributed by atoms with van der Waals surface area (Å²) in [4.78, 5) is 13.8. The number of carbonyl (C=O) groups excluding carboxylic acids is 1. The number of nitrogen functional groups attached to an aromatic ring is 1. The molecule has 1 heterocycles. The Balaban J connectivity index is 1.54. The standard InChI is InChI=1S/C22H32F3N3O2/c1-21(2,3)30-20(29)27-15-5-7-16(8-6-15)28-11-10-18(22(24,25)13-28)17-9-4-14(26)12-19(17)23/h4,9,12,15-16,18H,5-8,10-11,13,26H2,1-3H3,(H,27,29)/t15-,16-,18?. The molecule has 1 saturated heterocycles. The highest BCUT2D eigenvalue weighted by Gasteiger charge is 2.47. The third-order valence-corrected chi connectivity index (χ3v) is 5.96. The molecule has 8 heteroatoms. The molecular weight excluding hydrogens is 395 g/mol. The van der Waals surface area contributed by atoms with E-state index in [1.54, 1.807) is 0 Å². The van der Waals surface area contributed by atoms with E-state index in [0.29, 0.717) is 6.54 Å². The van der Waals surface area contributed by atoms with Gasteiger partial charge in [-0.15, -0.1) is 0 Å². The quantitative estimate of drug-likeness (QED) is 0.688. The minimum Gasteiger partial charge on any atom is -0.444 e. The summed E-state index contributed by atoms with van der Waals surface area (Å²) in [6.07, 6.45) is 2.67. The minimum atomic E-state index is -3.01. The molecule has 168 valence electrons. The Morgan fingerprint density at radius 2 is 1.87 bits per heavy atom. The summed E-state index contributed by atoms with van der Waals surface area (Å²) in [6, 6.07) is 4.01. The number of amides is 1. The molecule has 1 amide bonds. The van der Waals surface area contributed by atoms with Crippen LogP contribution in [-0.2, 0) is 4.74 Å². The van der Waals surface area contributed by atoms with Crippen molar-refractivity contribution in [2.75, 3.05) is 18.8 Å². The lowest BCUT2D eigenvalue weighted by Crippen LogP contribution is -2.53. The van der Waals surface area contributed by atoms with E-state index in [1.165, 1.54) is 12.1 Å². The number of nitrogens with zero attached hydrogens (tertiary/aromatic N) is 1. The zero-order valence-corrected chi connectivity index (χ0v) is 17.9. The number of nitrogens with one attached hydrogen (secondary N) is 1. The summed E-state index contributed by atoms with van der Waals surface area (Å²) in [5, 5.41) is 2.87. The van der Waals surface area contributed by atoms with Gasteiger partial charge in [0, 0.05) is 17.8 Å². The third-order valence-electron chi connectivity index (χ3n) is 5.96. The predicted molar refractivity (Wildman–Crippen MR) is 110 cm³/mol. The molecule has 2 aliphatic rings. The number of nitrogens with two attached hydrogens (primary N) is 1. The van der Waals surface area contributed by atoms with E-state index in [1.807, 2.05) is 25.7 Å². The highest BCUT2D eigenvalue weighted by molar-refractivity contribution is 5.68. The number of ether oxygens (including phenoxy) is 1. The van der Waals surface area contributed by atoms with Gasteiger partial charge in [-0.05, 0) is 77.1 Å². The molecular formula is C22H32F3N3O2. The van der Waals surface area contributed by atoms with Crippen molar-refractivity contribution in [2.24, 2.45) is 0 Å². The first-order valence-electron chi connectivity index (χ1n) is 10.6. The molecule has 0 aromatic heterocycles. The molecule has 1 unspecified atom stereocenters. The molecule has 1 saturated carbocycles. The molecule has 1 atom stereocenters. The Labute approximate surface area is 176 Å².